The summed E-state index contributed by atoms with van der Waals surface area (Å²) in [5.74, 6) is 1.40. The lowest BCUT2D eigenvalue weighted by Crippen LogP contribution is -2.05. The van der Waals surface area contributed by atoms with Crippen LogP contribution < -0.4 is 15.8 Å². The van der Waals surface area contributed by atoms with Gasteiger partial charge in [0.05, 0.1) is 12.3 Å². The fraction of sp³-hybridized carbons (Fsp3) is 0.312. The third kappa shape index (κ3) is 3.24. The number of nitrogens with one attached hydrogen (secondary N) is 1. The first kappa shape index (κ1) is 13.7. The molecule has 2 aromatic rings. The molecule has 1 aliphatic rings. The Balaban J connectivity index is 1.78. The van der Waals surface area contributed by atoms with E-state index in [1.807, 2.05) is 0 Å². The zero-order valence-corrected chi connectivity index (χ0v) is 11.9. The molecule has 0 amide bonds. The van der Waals surface area contributed by atoms with Crippen LogP contribution in [0.2, 0.25) is 0 Å². The fourth-order valence-corrected chi connectivity index (χ4v) is 2.00. The van der Waals surface area contributed by atoms with Crippen LogP contribution in [-0.2, 0) is 0 Å². The van der Waals surface area contributed by atoms with Gasteiger partial charge in [-0.25, -0.2) is 4.39 Å². The van der Waals surface area contributed by atoms with Gasteiger partial charge >= 0.3 is 0 Å². The van der Waals surface area contributed by atoms with E-state index in [4.69, 9.17) is 10.5 Å². The molecule has 21 heavy (non-hydrogen) atoms. The molecule has 1 aromatic heterocycles. The molecule has 1 aliphatic carbocycles. The standard InChI is InChI=1S/C16H18FN3O/c1-10-12(17)3-2-4-14(10)19-15-8-7-13(18)16(20-15)21-9-11-5-6-11/h2-4,7-8,11H,5-6,9,18H2,1H3,(H,19,20). The Morgan fingerprint density at radius 1 is 1.33 bits per heavy atom. The summed E-state index contributed by atoms with van der Waals surface area (Å²) >= 11 is 0. The highest BCUT2D eigenvalue weighted by Gasteiger charge is 2.22. The minimum atomic E-state index is -0.249. The topological polar surface area (TPSA) is 60.2 Å². The third-order valence-electron chi connectivity index (χ3n) is 3.57. The molecule has 0 saturated heterocycles. The number of nitrogens with zero attached hydrogens (tertiary/aromatic N) is 1. The number of nitrogens with two attached hydrogens (primary N) is 1. The van der Waals surface area contributed by atoms with Gasteiger partial charge in [0.1, 0.15) is 11.6 Å². The maximum atomic E-state index is 13.5. The molecule has 0 spiro atoms. The van der Waals surface area contributed by atoms with Crippen LogP contribution in [0.3, 0.4) is 0 Å². The Hall–Kier alpha value is -2.30. The summed E-state index contributed by atoms with van der Waals surface area (Å²) in [6.07, 6.45) is 2.42. The van der Waals surface area contributed by atoms with Crippen molar-refractivity contribution in [3.63, 3.8) is 0 Å². The molecular formula is C16H18FN3O. The lowest BCUT2D eigenvalue weighted by atomic mass is 10.2. The molecular weight excluding hydrogens is 269 g/mol. The minimum absolute atomic E-state index is 0.249. The van der Waals surface area contributed by atoms with Crippen LogP contribution in [0, 0.1) is 18.7 Å². The average molecular weight is 287 g/mol. The third-order valence-corrected chi connectivity index (χ3v) is 3.57. The molecule has 1 heterocycles. The van der Waals surface area contributed by atoms with Gasteiger partial charge in [-0.1, -0.05) is 6.07 Å². The van der Waals surface area contributed by atoms with Gasteiger partial charge in [-0.3, -0.25) is 0 Å². The predicted octanol–water partition coefficient (Wildman–Crippen LogP) is 3.64. The monoisotopic (exact) mass is 287 g/mol. The lowest BCUT2D eigenvalue weighted by molar-refractivity contribution is 0.290. The van der Waals surface area contributed by atoms with Crippen molar-refractivity contribution < 1.29 is 9.13 Å². The molecule has 0 aliphatic heterocycles. The zero-order chi connectivity index (χ0) is 14.8. The van der Waals surface area contributed by atoms with Crippen molar-refractivity contribution in [2.24, 2.45) is 5.92 Å². The van der Waals surface area contributed by atoms with Crippen molar-refractivity contribution in [3.05, 3.63) is 41.7 Å². The minimum Gasteiger partial charge on any atom is -0.476 e. The quantitative estimate of drug-likeness (QED) is 0.881. The molecule has 0 radical (unpaired) electrons. The van der Waals surface area contributed by atoms with E-state index in [1.54, 1.807) is 31.2 Å². The SMILES string of the molecule is Cc1c(F)cccc1Nc1ccc(N)c(OCC2CC2)n1. The second-order valence-corrected chi connectivity index (χ2v) is 5.38. The van der Waals surface area contributed by atoms with E-state index >= 15 is 0 Å². The summed E-state index contributed by atoms with van der Waals surface area (Å²) in [6.45, 7) is 2.37. The molecule has 4 nitrogen and oxygen atoms in total. The largest absolute Gasteiger partial charge is 0.476 e. The predicted molar refractivity (Wildman–Crippen MR) is 81.3 cm³/mol. The number of rotatable bonds is 5. The Morgan fingerprint density at radius 3 is 2.90 bits per heavy atom. The van der Waals surface area contributed by atoms with Crippen LogP contribution in [0.25, 0.3) is 0 Å². The number of anilines is 3. The molecule has 0 bridgehead atoms. The van der Waals surface area contributed by atoms with Gasteiger partial charge in [0.15, 0.2) is 0 Å². The molecule has 0 atom stereocenters. The number of hydrogen-bond acceptors (Lipinski definition) is 4. The molecule has 0 unspecified atom stereocenters. The number of benzene rings is 1. The maximum absolute atomic E-state index is 13.5. The van der Waals surface area contributed by atoms with Crippen molar-refractivity contribution in [2.75, 3.05) is 17.7 Å². The summed E-state index contributed by atoms with van der Waals surface area (Å²) in [4.78, 5) is 4.36. The highest BCUT2D eigenvalue weighted by atomic mass is 19.1. The van der Waals surface area contributed by atoms with E-state index in [1.165, 1.54) is 18.9 Å². The van der Waals surface area contributed by atoms with Crippen LogP contribution in [0.5, 0.6) is 5.88 Å². The first-order valence-corrected chi connectivity index (χ1v) is 7.05. The van der Waals surface area contributed by atoms with Crippen LogP contribution in [0.4, 0.5) is 21.6 Å². The highest BCUT2D eigenvalue weighted by Crippen LogP contribution is 2.31. The number of hydrogen-bond donors (Lipinski definition) is 2. The smallest absolute Gasteiger partial charge is 0.239 e. The van der Waals surface area contributed by atoms with Gasteiger partial charge in [0.25, 0.3) is 0 Å². The molecule has 1 saturated carbocycles. The number of halogens is 1. The van der Waals surface area contributed by atoms with Crippen LogP contribution in [0.15, 0.2) is 30.3 Å². The van der Waals surface area contributed by atoms with Crippen LogP contribution >= 0.6 is 0 Å². The molecule has 1 fully saturated rings. The van der Waals surface area contributed by atoms with E-state index in [9.17, 15) is 4.39 Å². The number of ether oxygens (including phenoxy) is 1. The molecule has 1 aromatic carbocycles. The Labute approximate surface area is 123 Å². The van der Waals surface area contributed by atoms with Crippen molar-refractivity contribution in [1.82, 2.24) is 4.98 Å². The summed E-state index contributed by atoms with van der Waals surface area (Å²) in [7, 11) is 0. The Morgan fingerprint density at radius 2 is 2.14 bits per heavy atom. The number of nitrogen functional groups attached to an aromatic ring is 1. The fourth-order valence-electron chi connectivity index (χ4n) is 2.00. The summed E-state index contributed by atoms with van der Waals surface area (Å²) in [5.41, 5.74) is 7.61. The van der Waals surface area contributed by atoms with Gasteiger partial charge in [0.2, 0.25) is 5.88 Å². The van der Waals surface area contributed by atoms with Crippen molar-refractivity contribution in [2.45, 2.75) is 19.8 Å². The number of aromatic nitrogens is 1. The van der Waals surface area contributed by atoms with Gasteiger partial charge in [-0.2, -0.15) is 4.98 Å². The van der Waals surface area contributed by atoms with Crippen molar-refractivity contribution in [1.29, 1.82) is 0 Å². The van der Waals surface area contributed by atoms with Crippen LogP contribution in [-0.4, -0.2) is 11.6 Å². The van der Waals surface area contributed by atoms with Crippen molar-refractivity contribution in [3.8, 4) is 5.88 Å². The Kier molecular flexibility index (Phi) is 3.64. The molecule has 3 rings (SSSR count). The van der Waals surface area contributed by atoms with Crippen LogP contribution in [0.1, 0.15) is 18.4 Å². The second kappa shape index (κ2) is 5.60. The lowest BCUT2D eigenvalue weighted by Gasteiger charge is -2.12. The van der Waals surface area contributed by atoms with E-state index in [0.29, 0.717) is 41.2 Å². The highest BCUT2D eigenvalue weighted by molar-refractivity contribution is 5.63. The second-order valence-electron chi connectivity index (χ2n) is 5.38. The molecule has 110 valence electrons. The molecule has 5 heteroatoms. The first-order valence-electron chi connectivity index (χ1n) is 7.05. The van der Waals surface area contributed by atoms with E-state index in [0.717, 1.165) is 0 Å². The molecule has 3 N–H and O–H groups in total. The van der Waals surface area contributed by atoms with Gasteiger partial charge in [-0.15, -0.1) is 0 Å². The van der Waals surface area contributed by atoms with E-state index in [-0.39, 0.29) is 5.82 Å². The summed E-state index contributed by atoms with van der Waals surface area (Å²) < 4.78 is 19.2. The van der Waals surface area contributed by atoms with E-state index < -0.39 is 0 Å². The summed E-state index contributed by atoms with van der Waals surface area (Å²) in [5, 5.41) is 3.10. The van der Waals surface area contributed by atoms with Gasteiger partial charge in [-0.05, 0) is 49.9 Å². The first-order chi connectivity index (χ1) is 10.1. The average Bonchev–Trinajstić information content (AvgIpc) is 3.28. The zero-order valence-electron chi connectivity index (χ0n) is 11.9. The maximum Gasteiger partial charge on any atom is 0.239 e. The van der Waals surface area contributed by atoms with Crippen molar-refractivity contribution >= 4 is 17.2 Å². The number of pyridine rings is 1. The summed E-state index contributed by atoms with van der Waals surface area (Å²) in [6, 6.07) is 8.39. The van der Waals surface area contributed by atoms with E-state index in [2.05, 4.69) is 10.3 Å². The van der Waals surface area contributed by atoms with Gasteiger partial charge in [0, 0.05) is 11.3 Å². The normalized spacial score (nSPS) is 14.0. The Bertz CT molecular complexity index is 656. The van der Waals surface area contributed by atoms with Gasteiger partial charge < -0.3 is 15.8 Å².